The number of hydrogen-bond donors (Lipinski definition) is 2. The second kappa shape index (κ2) is 4.10. The number of methoxy groups -OCH3 is 1. The molecule has 0 fully saturated rings. The first-order valence-corrected chi connectivity index (χ1v) is 4.78. The minimum absolute atomic E-state index is 0.168. The lowest BCUT2D eigenvalue weighted by atomic mass is 10.1. The summed E-state index contributed by atoms with van der Waals surface area (Å²) in [7, 11) is 1.58. The summed E-state index contributed by atoms with van der Waals surface area (Å²) in [6.45, 7) is 0. The number of benzene rings is 1. The molecule has 2 aromatic rings. The number of aromatic carboxylic acids is 1. The van der Waals surface area contributed by atoms with Gasteiger partial charge in [0, 0.05) is 11.3 Å². The lowest BCUT2D eigenvalue weighted by Crippen LogP contribution is -1.96. The maximum atomic E-state index is 10.7. The van der Waals surface area contributed by atoms with Crippen molar-refractivity contribution in [2.75, 3.05) is 7.11 Å². The van der Waals surface area contributed by atoms with Gasteiger partial charge in [0.05, 0.1) is 7.11 Å². The molecule has 2 rings (SSSR count). The van der Waals surface area contributed by atoms with Crippen molar-refractivity contribution in [2.45, 2.75) is 0 Å². The van der Waals surface area contributed by atoms with Gasteiger partial charge in [-0.2, -0.15) is 0 Å². The summed E-state index contributed by atoms with van der Waals surface area (Å²) < 4.78 is 5.20. The standard InChI is InChI=1S/C12H11NO3/c1-16-11-5-3-2-4-8(11)9-6-7-10(13-9)12(14)15/h2-7,13H,1H3,(H,14,15). The molecular weight excluding hydrogens is 206 g/mol. The highest BCUT2D eigenvalue weighted by atomic mass is 16.5. The molecule has 0 amide bonds. The average Bonchev–Trinajstić information content (AvgIpc) is 2.78. The van der Waals surface area contributed by atoms with E-state index >= 15 is 0 Å². The number of nitrogens with one attached hydrogen (secondary N) is 1. The Balaban J connectivity index is 2.46. The number of ether oxygens (including phenoxy) is 1. The Bertz CT molecular complexity index is 516. The van der Waals surface area contributed by atoms with E-state index in [1.54, 1.807) is 13.2 Å². The van der Waals surface area contributed by atoms with E-state index in [0.717, 1.165) is 11.3 Å². The first-order chi connectivity index (χ1) is 7.72. The average molecular weight is 217 g/mol. The molecule has 4 nitrogen and oxygen atoms in total. The zero-order valence-corrected chi connectivity index (χ0v) is 8.73. The highest BCUT2D eigenvalue weighted by molar-refractivity contribution is 5.87. The second-order valence-corrected chi connectivity index (χ2v) is 3.29. The van der Waals surface area contributed by atoms with E-state index < -0.39 is 5.97 Å². The molecule has 0 aliphatic heterocycles. The van der Waals surface area contributed by atoms with Gasteiger partial charge in [0.2, 0.25) is 0 Å². The minimum Gasteiger partial charge on any atom is -0.496 e. The van der Waals surface area contributed by atoms with Crippen molar-refractivity contribution in [1.29, 1.82) is 0 Å². The number of carboxylic acids is 1. The number of rotatable bonds is 3. The summed E-state index contributed by atoms with van der Waals surface area (Å²) in [6, 6.07) is 10.7. The van der Waals surface area contributed by atoms with E-state index in [1.165, 1.54) is 6.07 Å². The van der Waals surface area contributed by atoms with Gasteiger partial charge < -0.3 is 14.8 Å². The van der Waals surface area contributed by atoms with Crippen LogP contribution < -0.4 is 4.74 Å². The smallest absolute Gasteiger partial charge is 0.352 e. The molecule has 2 N–H and O–H groups in total. The number of H-pyrrole nitrogens is 1. The van der Waals surface area contributed by atoms with Crippen molar-refractivity contribution in [1.82, 2.24) is 4.98 Å². The highest BCUT2D eigenvalue weighted by Crippen LogP contribution is 2.28. The molecule has 0 radical (unpaired) electrons. The predicted octanol–water partition coefficient (Wildman–Crippen LogP) is 2.39. The van der Waals surface area contributed by atoms with Crippen molar-refractivity contribution < 1.29 is 14.6 Å². The lowest BCUT2D eigenvalue weighted by Gasteiger charge is -2.05. The van der Waals surface area contributed by atoms with E-state index in [0.29, 0.717) is 5.75 Å². The number of carbonyl (C=O) groups is 1. The molecule has 4 heteroatoms. The summed E-state index contributed by atoms with van der Waals surface area (Å²) in [5.74, 6) is -0.262. The molecule has 0 bridgehead atoms. The number of hydrogen-bond acceptors (Lipinski definition) is 2. The van der Waals surface area contributed by atoms with E-state index in [1.807, 2.05) is 24.3 Å². The Labute approximate surface area is 92.5 Å². The summed E-state index contributed by atoms with van der Waals surface area (Å²) in [5, 5.41) is 8.81. The third-order valence-electron chi connectivity index (χ3n) is 2.31. The van der Waals surface area contributed by atoms with Crippen molar-refractivity contribution in [3.8, 4) is 17.0 Å². The summed E-state index contributed by atoms with van der Waals surface area (Å²) >= 11 is 0. The summed E-state index contributed by atoms with van der Waals surface area (Å²) in [6.07, 6.45) is 0. The molecule has 0 unspecified atom stereocenters. The van der Waals surface area contributed by atoms with Crippen LogP contribution in [0.1, 0.15) is 10.5 Å². The number of aromatic nitrogens is 1. The van der Waals surface area contributed by atoms with Crippen molar-refractivity contribution in [2.24, 2.45) is 0 Å². The van der Waals surface area contributed by atoms with E-state index in [2.05, 4.69) is 4.98 Å². The Morgan fingerprint density at radius 3 is 2.62 bits per heavy atom. The van der Waals surface area contributed by atoms with E-state index in [4.69, 9.17) is 9.84 Å². The van der Waals surface area contributed by atoms with Crippen LogP contribution in [0.5, 0.6) is 5.75 Å². The number of aromatic amines is 1. The van der Waals surface area contributed by atoms with Gasteiger partial charge in [-0.1, -0.05) is 12.1 Å². The second-order valence-electron chi connectivity index (χ2n) is 3.29. The van der Waals surface area contributed by atoms with Crippen molar-refractivity contribution in [3.63, 3.8) is 0 Å². The first kappa shape index (κ1) is 10.3. The topological polar surface area (TPSA) is 62.3 Å². The molecule has 0 spiro atoms. The SMILES string of the molecule is COc1ccccc1-c1ccc(C(=O)O)[nH]1. The van der Waals surface area contributed by atoms with Gasteiger partial charge >= 0.3 is 5.97 Å². The Kier molecular flexibility index (Phi) is 2.64. The van der Waals surface area contributed by atoms with Crippen molar-refractivity contribution in [3.05, 3.63) is 42.1 Å². The summed E-state index contributed by atoms with van der Waals surface area (Å²) in [4.78, 5) is 13.6. The van der Waals surface area contributed by atoms with Crippen LogP contribution in [0.4, 0.5) is 0 Å². The van der Waals surface area contributed by atoms with Gasteiger partial charge in [-0.05, 0) is 24.3 Å². The van der Waals surface area contributed by atoms with Crippen LogP contribution >= 0.6 is 0 Å². The van der Waals surface area contributed by atoms with Crippen LogP contribution in [0.3, 0.4) is 0 Å². The highest BCUT2D eigenvalue weighted by Gasteiger charge is 2.09. The van der Waals surface area contributed by atoms with Crippen LogP contribution in [-0.2, 0) is 0 Å². The zero-order chi connectivity index (χ0) is 11.5. The molecule has 0 atom stereocenters. The molecule has 16 heavy (non-hydrogen) atoms. The van der Waals surface area contributed by atoms with Crippen LogP contribution in [-0.4, -0.2) is 23.2 Å². The molecule has 0 aliphatic rings. The molecule has 0 saturated carbocycles. The molecule has 1 heterocycles. The van der Waals surface area contributed by atoms with Gasteiger partial charge in [0.25, 0.3) is 0 Å². The first-order valence-electron chi connectivity index (χ1n) is 4.78. The van der Waals surface area contributed by atoms with E-state index in [9.17, 15) is 4.79 Å². The van der Waals surface area contributed by atoms with Gasteiger partial charge in [-0.15, -0.1) is 0 Å². The van der Waals surface area contributed by atoms with Crippen LogP contribution in [0, 0.1) is 0 Å². The number of para-hydroxylation sites is 1. The quantitative estimate of drug-likeness (QED) is 0.829. The van der Waals surface area contributed by atoms with Gasteiger partial charge in [-0.25, -0.2) is 4.79 Å². The Morgan fingerprint density at radius 1 is 1.25 bits per heavy atom. The fourth-order valence-corrected chi connectivity index (χ4v) is 1.54. The Hall–Kier alpha value is -2.23. The molecule has 1 aromatic carbocycles. The van der Waals surface area contributed by atoms with E-state index in [-0.39, 0.29) is 5.69 Å². The van der Waals surface area contributed by atoms with Crippen molar-refractivity contribution >= 4 is 5.97 Å². The number of carboxylic acid groups (broad SMARTS) is 1. The molecule has 1 aromatic heterocycles. The van der Waals surface area contributed by atoms with Gasteiger partial charge in [0.1, 0.15) is 11.4 Å². The zero-order valence-electron chi connectivity index (χ0n) is 8.73. The molecule has 0 aliphatic carbocycles. The third kappa shape index (κ3) is 1.77. The van der Waals surface area contributed by atoms with Crippen LogP contribution in [0.2, 0.25) is 0 Å². The normalized spacial score (nSPS) is 10.1. The van der Waals surface area contributed by atoms with Gasteiger partial charge in [0.15, 0.2) is 0 Å². The Morgan fingerprint density at radius 2 is 2.00 bits per heavy atom. The lowest BCUT2D eigenvalue weighted by molar-refractivity contribution is 0.0691. The third-order valence-corrected chi connectivity index (χ3v) is 2.31. The minimum atomic E-state index is -0.971. The maximum Gasteiger partial charge on any atom is 0.352 e. The maximum absolute atomic E-state index is 10.7. The molecular formula is C12H11NO3. The van der Waals surface area contributed by atoms with Crippen LogP contribution in [0.15, 0.2) is 36.4 Å². The monoisotopic (exact) mass is 217 g/mol. The molecule has 82 valence electrons. The largest absolute Gasteiger partial charge is 0.496 e. The summed E-state index contributed by atoms with van der Waals surface area (Å²) in [5.41, 5.74) is 1.74. The molecule has 0 saturated heterocycles. The van der Waals surface area contributed by atoms with Crippen LogP contribution in [0.25, 0.3) is 11.3 Å². The van der Waals surface area contributed by atoms with Gasteiger partial charge in [-0.3, -0.25) is 0 Å². The fourth-order valence-electron chi connectivity index (χ4n) is 1.54. The predicted molar refractivity (Wildman–Crippen MR) is 59.7 cm³/mol. The fraction of sp³-hybridized carbons (Fsp3) is 0.0833.